The van der Waals surface area contributed by atoms with E-state index in [1.54, 1.807) is 12.1 Å². The molecule has 27 heavy (non-hydrogen) atoms. The van der Waals surface area contributed by atoms with Crippen molar-refractivity contribution in [3.8, 4) is 0 Å². The standard InChI is InChI=1S/C22H27N3O2/c1-22(2,3)24-21(27)17-9-6-11-18(14-17)23-15-20(26)25-13-7-10-16-8-4-5-12-19(16)25/h4-6,8-9,11-12,14,23H,7,10,13,15H2,1-3H3,(H,24,27). The summed E-state index contributed by atoms with van der Waals surface area (Å²) in [6.07, 6.45) is 1.99. The number of aryl methyl sites for hydroxylation is 1. The third kappa shape index (κ3) is 4.88. The van der Waals surface area contributed by atoms with Crippen LogP contribution in [0.2, 0.25) is 0 Å². The Balaban J connectivity index is 1.65. The SMILES string of the molecule is CC(C)(C)NC(=O)c1cccc(NCC(=O)N2CCCc3ccccc32)c1. The lowest BCUT2D eigenvalue weighted by Gasteiger charge is -2.29. The largest absolute Gasteiger partial charge is 0.376 e. The van der Waals surface area contributed by atoms with Crippen LogP contribution < -0.4 is 15.5 Å². The van der Waals surface area contributed by atoms with Crippen molar-refractivity contribution in [3.05, 3.63) is 59.7 Å². The number of fused-ring (bicyclic) bond motifs is 1. The van der Waals surface area contributed by atoms with Crippen LogP contribution in [0.3, 0.4) is 0 Å². The van der Waals surface area contributed by atoms with E-state index in [4.69, 9.17) is 0 Å². The molecule has 5 nitrogen and oxygen atoms in total. The van der Waals surface area contributed by atoms with Crippen molar-refractivity contribution in [2.24, 2.45) is 0 Å². The molecule has 1 aliphatic heterocycles. The average Bonchev–Trinajstić information content (AvgIpc) is 2.64. The molecule has 2 aromatic rings. The minimum Gasteiger partial charge on any atom is -0.376 e. The molecule has 0 atom stereocenters. The number of nitrogens with one attached hydrogen (secondary N) is 2. The number of hydrogen-bond acceptors (Lipinski definition) is 3. The second kappa shape index (κ2) is 7.82. The van der Waals surface area contributed by atoms with Crippen molar-refractivity contribution in [3.63, 3.8) is 0 Å². The second-order valence-electron chi connectivity index (χ2n) is 7.92. The van der Waals surface area contributed by atoms with Crippen LogP contribution in [0.5, 0.6) is 0 Å². The first-order valence-electron chi connectivity index (χ1n) is 9.38. The van der Waals surface area contributed by atoms with E-state index in [1.807, 2.05) is 56.0 Å². The molecule has 2 N–H and O–H groups in total. The van der Waals surface area contributed by atoms with Crippen LogP contribution in [-0.2, 0) is 11.2 Å². The molecule has 1 aliphatic rings. The van der Waals surface area contributed by atoms with E-state index in [9.17, 15) is 9.59 Å². The lowest BCUT2D eigenvalue weighted by Crippen LogP contribution is -2.40. The zero-order valence-electron chi connectivity index (χ0n) is 16.2. The fourth-order valence-corrected chi connectivity index (χ4v) is 3.25. The summed E-state index contributed by atoms with van der Waals surface area (Å²) in [5, 5.41) is 6.11. The Hall–Kier alpha value is -2.82. The van der Waals surface area contributed by atoms with E-state index in [0.717, 1.165) is 30.8 Å². The average molecular weight is 365 g/mol. The van der Waals surface area contributed by atoms with E-state index in [2.05, 4.69) is 16.7 Å². The van der Waals surface area contributed by atoms with Crippen molar-refractivity contribution < 1.29 is 9.59 Å². The van der Waals surface area contributed by atoms with Crippen LogP contribution in [0.15, 0.2) is 48.5 Å². The maximum absolute atomic E-state index is 12.7. The molecule has 1 heterocycles. The number of benzene rings is 2. The summed E-state index contributed by atoms with van der Waals surface area (Å²) >= 11 is 0. The van der Waals surface area contributed by atoms with Gasteiger partial charge in [0, 0.05) is 29.0 Å². The summed E-state index contributed by atoms with van der Waals surface area (Å²) in [5.41, 5.74) is 3.27. The molecule has 0 spiro atoms. The summed E-state index contributed by atoms with van der Waals surface area (Å²) < 4.78 is 0. The van der Waals surface area contributed by atoms with Crippen molar-refractivity contribution in [1.82, 2.24) is 5.32 Å². The van der Waals surface area contributed by atoms with Gasteiger partial charge in [0.15, 0.2) is 0 Å². The first kappa shape index (κ1) is 19.0. The maximum atomic E-state index is 12.7. The van der Waals surface area contributed by atoms with E-state index in [0.29, 0.717) is 5.56 Å². The molecule has 0 saturated carbocycles. The van der Waals surface area contributed by atoms with Gasteiger partial charge in [-0.1, -0.05) is 24.3 Å². The van der Waals surface area contributed by atoms with Crippen LogP contribution in [0.25, 0.3) is 0 Å². The van der Waals surface area contributed by atoms with E-state index in [1.165, 1.54) is 5.56 Å². The molecule has 0 radical (unpaired) electrons. The molecule has 142 valence electrons. The summed E-state index contributed by atoms with van der Waals surface area (Å²) in [5.74, 6) is -0.0888. The summed E-state index contributed by atoms with van der Waals surface area (Å²) in [6, 6.07) is 15.3. The zero-order valence-corrected chi connectivity index (χ0v) is 16.2. The van der Waals surface area contributed by atoms with Gasteiger partial charge in [-0.15, -0.1) is 0 Å². The number of anilines is 2. The highest BCUT2D eigenvalue weighted by atomic mass is 16.2. The van der Waals surface area contributed by atoms with Gasteiger partial charge in [0.05, 0.1) is 6.54 Å². The molecule has 0 aliphatic carbocycles. The summed E-state index contributed by atoms with van der Waals surface area (Å²) in [4.78, 5) is 26.9. The number of carbonyl (C=O) groups excluding carboxylic acids is 2. The predicted molar refractivity (Wildman–Crippen MR) is 109 cm³/mol. The molecule has 2 aromatic carbocycles. The van der Waals surface area contributed by atoms with Crippen LogP contribution in [-0.4, -0.2) is 30.4 Å². The number of hydrogen-bond donors (Lipinski definition) is 2. The summed E-state index contributed by atoms with van der Waals surface area (Å²) in [6.45, 7) is 6.77. The van der Waals surface area contributed by atoms with Crippen molar-refractivity contribution in [1.29, 1.82) is 0 Å². The van der Waals surface area contributed by atoms with Gasteiger partial charge in [0.25, 0.3) is 5.91 Å². The quantitative estimate of drug-likeness (QED) is 0.870. The van der Waals surface area contributed by atoms with Crippen LogP contribution in [0.4, 0.5) is 11.4 Å². The van der Waals surface area contributed by atoms with Gasteiger partial charge in [-0.05, 0) is 63.4 Å². The molecular formula is C22H27N3O2. The number of rotatable bonds is 4. The molecule has 3 rings (SSSR count). The molecule has 0 saturated heterocycles. The van der Waals surface area contributed by atoms with Crippen molar-refractivity contribution in [2.75, 3.05) is 23.3 Å². The Bertz CT molecular complexity index is 839. The van der Waals surface area contributed by atoms with Gasteiger partial charge in [-0.25, -0.2) is 0 Å². The lowest BCUT2D eigenvalue weighted by molar-refractivity contribution is -0.117. The van der Waals surface area contributed by atoms with E-state index in [-0.39, 0.29) is 23.9 Å². The van der Waals surface area contributed by atoms with E-state index < -0.39 is 0 Å². The Labute approximate surface area is 160 Å². The van der Waals surface area contributed by atoms with Crippen LogP contribution in [0, 0.1) is 0 Å². The third-order valence-corrected chi connectivity index (χ3v) is 4.47. The lowest BCUT2D eigenvalue weighted by atomic mass is 10.0. The maximum Gasteiger partial charge on any atom is 0.251 e. The highest BCUT2D eigenvalue weighted by Crippen LogP contribution is 2.26. The van der Waals surface area contributed by atoms with Gasteiger partial charge < -0.3 is 15.5 Å². The molecule has 5 heteroatoms. The molecule has 0 aromatic heterocycles. The number of nitrogens with zero attached hydrogens (tertiary/aromatic N) is 1. The Morgan fingerprint density at radius 3 is 2.63 bits per heavy atom. The summed E-state index contributed by atoms with van der Waals surface area (Å²) in [7, 11) is 0. The monoisotopic (exact) mass is 365 g/mol. The molecular weight excluding hydrogens is 338 g/mol. The third-order valence-electron chi connectivity index (χ3n) is 4.47. The minimum atomic E-state index is -0.294. The topological polar surface area (TPSA) is 61.4 Å². The Morgan fingerprint density at radius 2 is 1.85 bits per heavy atom. The van der Waals surface area contributed by atoms with Crippen molar-refractivity contribution in [2.45, 2.75) is 39.2 Å². The van der Waals surface area contributed by atoms with Gasteiger partial charge >= 0.3 is 0 Å². The molecule has 0 fully saturated rings. The number of carbonyl (C=O) groups is 2. The molecule has 2 amide bonds. The highest BCUT2D eigenvalue weighted by Gasteiger charge is 2.22. The second-order valence-corrected chi connectivity index (χ2v) is 7.92. The van der Waals surface area contributed by atoms with E-state index >= 15 is 0 Å². The van der Waals surface area contributed by atoms with Crippen molar-refractivity contribution >= 4 is 23.2 Å². The van der Waals surface area contributed by atoms with Gasteiger partial charge in [0.2, 0.25) is 5.91 Å². The number of para-hydroxylation sites is 1. The first-order valence-corrected chi connectivity index (χ1v) is 9.38. The predicted octanol–water partition coefficient (Wildman–Crippen LogP) is 3.61. The van der Waals surface area contributed by atoms with Gasteiger partial charge in [-0.3, -0.25) is 9.59 Å². The number of amides is 2. The fourth-order valence-electron chi connectivity index (χ4n) is 3.25. The molecule has 0 unspecified atom stereocenters. The zero-order chi connectivity index (χ0) is 19.4. The first-order chi connectivity index (χ1) is 12.8. The van der Waals surface area contributed by atoms with Crippen LogP contribution >= 0.6 is 0 Å². The normalized spacial score (nSPS) is 13.7. The molecule has 0 bridgehead atoms. The fraction of sp³-hybridized carbons (Fsp3) is 0.364. The minimum absolute atomic E-state index is 0.0340. The smallest absolute Gasteiger partial charge is 0.251 e. The Kier molecular flexibility index (Phi) is 5.49. The van der Waals surface area contributed by atoms with Crippen LogP contribution in [0.1, 0.15) is 43.1 Å². The van der Waals surface area contributed by atoms with Gasteiger partial charge in [-0.2, -0.15) is 0 Å². The highest BCUT2D eigenvalue weighted by molar-refractivity contribution is 5.98. The van der Waals surface area contributed by atoms with Gasteiger partial charge in [0.1, 0.15) is 0 Å². The Morgan fingerprint density at radius 1 is 1.07 bits per heavy atom.